The summed E-state index contributed by atoms with van der Waals surface area (Å²) in [6.45, 7) is 2.02. The molecule has 2 aromatic rings. The van der Waals surface area contributed by atoms with Gasteiger partial charge in [0.15, 0.2) is 0 Å². The van der Waals surface area contributed by atoms with Crippen LogP contribution in [0.15, 0.2) is 29.2 Å². The predicted molar refractivity (Wildman–Crippen MR) is 85.6 cm³/mol. The van der Waals surface area contributed by atoms with Crippen molar-refractivity contribution < 1.29 is 18.0 Å². The van der Waals surface area contributed by atoms with Gasteiger partial charge in [-0.2, -0.15) is 13.2 Å². The Morgan fingerprint density at radius 2 is 2.08 bits per heavy atom. The van der Waals surface area contributed by atoms with Gasteiger partial charge in [-0.15, -0.1) is 0 Å². The van der Waals surface area contributed by atoms with E-state index in [1.165, 1.54) is 4.57 Å². The number of hydrogen-bond acceptors (Lipinski definition) is 3. The van der Waals surface area contributed by atoms with Crippen LogP contribution >= 0.6 is 0 Å². The van der Waals surface area contributed by atoms with E-state index < -0.39 is 23.2 Å². The summed E-state index contributed by atoms with van der Waals surface area (Å²) in [5, 5.41) is 2.38. The molecule has 1 amide bonds. The number of carbonyl (C=O) groups is 1. The molecule has 0 aliphatic heterocycles. The van der Waals surface area contributed by atoms with Crippen LogP contribution in [0.5, 0.6) is 0 Å². The molecule has 0 saturated carbocycles. The highest BCUT2D eigenvalue weighted by molar-refractivity contribution is 6.03. The van der Waals surface area contributed by atoms with Crippen LogP contribution in [0.2, 0.25) is 0 Å². The molecule has 0 saturated heterocycles. The number of nitrogens with one attached hydrogen (secondary N) is 1. The van der Waals surface area contributed by atoms with Crippen LogP contribution in [0.3, 0.4) is 0 Å². The molecule has 8 heteroatoms. The Morgan fingerprint density at radius 3 is 2.68 bits per heavy atom. The Morgan fingerprint density at radius 1 is 1.36 bits per heavy atom. The molecule has 1 atom stereocenters. The first kappa shape index (κ1) is 17.2. The van der Waals surface area contributed by atoms with Crippen molar-refractivity contribution in [2.24, 2.45) is 7.05 Å². The maximum Gasteiger partial charge on any atom is 0.417 e. The standard InChI is InChI=1S/C17H16F3N3O2/c1-9-3-5-13-11(9)7-12(16(25)23(13)2)15(24)22-14-6-4-10(8-21-14)17(18,19)20/h4,6-9H,3,5H2,1-2H3,(H,21,22,24)/t9-/m1/s1. The second-order valence-corrected chi connectivity index (χ2v) is 6.15. The summed E-state index contributed by atoms with van der Waals surface area (Å²) >= 11 is 0. The molecule has 0 fully saturated rings. The number of anilines is 1. The zero-order valence-electron chi connectivity index (χ0n) is 13.6. The van der Waals surface area contributed by atoms with Crippen molar-refractivity contribution in [2.45, 2.75) is 31.9 Å². The van der Waals surface area contributed by atoms with E-state index in [0.29, 0.717) is 6.20 Å². The molecule has 1 aliphatic carbocycles. The smallest absolute Gasteiger partial charge is 0.315 e. The molecule has 1 aliphatic rings. The van der Waals surface area contributed by atoms with Crippen LogP contribution in [-0.4, -0.2) is 15.5 Å². The molecule has 3 rings (SSSR count). The summed E-state index contributed by atoms with van der Waals surface area (Å²) in [4.78, 5) is 28.4. The minimum absolute atomic E-state index is 0.0447. The average Bonchev–Trinajstić information content (AvgIpc) is 2.91. The Hall–Kier alpha value is -2.64. The fourth-order valence-corrected chi connectivity index (χ4v) is 3.03. The third-order valence-corrected chi connectivity index (χ3v) is 4.50. The van der Waals surface area contributed by atoms with Crippen LogP contribution in [0, 0.1) is 0 Å². The van der Waals surface area contributed by atoms with E-state index in [1.54, 1.807) is 13.1 Å². The average molecular weight is 351 g/mol. The molecule has 0 aromatic carbocycles. The van der Waals surface area contributed by atoms with E-state index in [2.05, 4.69) is 10.3 Å². The number of fused-ring (bicyclic) bond motifs is 1. The molecule has 132 valence electrons. The maximum absolute atomic E-state index is 12.5. The van der Waals surface area contributed by atoms with Crippen LogP contribution in [0.4, 0.5) is 19.0 Å². The van der Waals surface area contributed by atoms with Gasteiger partial charge in [0.05, 0.1) is 5.56 Å². The Labute approximate surface area is 141 Å². The lowest BCUT2D eigenvalue weighted by molar-refractivity contribution is -0.137. The first-order valence-electron chi connectivity index (χ1n) is 7.76. The lowest BCUT2D eigenvalue weighted by Gasteiger charge is -2.12. The summed E-state index contributed by atoms with van der Waals surface area (Å²) in [5.41, 5.74) is 0.482. The minimum atomic E-state index is -4.50. The number of amides is 1. The van der Waals surface area contributed by atoms with Crippen molar-refractivity contribution in [2.75, 3.05) is 5.32 Å². The molecule has 1 N–H and O–H groups in total. The Balaban J connectivity index is 1.88. The second kappa shape index (κ2) is 6.02. The summed E-state index contributed by atoms with van der Waals surface area (Å²) < 4.78 is 39.1. The maximum atomic E-state index is 12.5. The zero-order valence-corrected chi connectivity index (χ0v) is 13.6. The van der Waals surface area contributed by atoms with Crippen molar-refractivity contribution in [1.82, 2.24) is 9.55 Å². The van der Waals surface area contributed by atoms with Crippen molar-refractivity contribution >= 4 is 11.7 Å². The molecule has 25 heavy (non-hydrogen) atoms. The van der Waals surface area contributed by atoms with Crippen LogP contribution in [-0.2, 0) is 19.6 Å². The summed E-state index contributed by atoms with van der Waals surface area (Å²) in [6, 6.07) is 3.46. The molecule has 5 nitrogen and oxygen atoms in total. The summed E-state index contributed by atoms with van der Waals surface area (Å²) in [6.07, 6.45) is -2.17. The first-order chi connectivity index (χ1) is 11.7. The third kappa shape index (κ3) is 3.16. The number of alkyl halides is 3. The van der Waals surface area contributed by atoms with E-state index in [4.69, 9.17) is 0 Å². The SMILES string of the molecule is C[C@@H]1CCc2c1cc(C(=O)Nc1ccc(C(F)(F)F)cn1)c(=O)n2C. The highest BCUT2D eigenvalue weighted by Crippen LogP contribution is 2.32. The largest absolute Gasteiger partial charge is 0.417 e. The quantitative estimate of drug-likeness (QED) is 0.904. The van der Waals surface area contributed by atoms with Crippen LogP contribution in [0.25, 0.3) is 0 Å². The van der Waals surface area contributed by atoms with E-state index in [0.717, 1.165) is 36.2 Å². The molecule has 0 bridgehead atoms. The number of halogens is 3. The number of nitrogens with zero attached hydrogens (tertiary/aromatic N) is 2. The van der Waals surface area contributed by atoms with Crippen molar-refractivity contribution in [3.63, 3.8) is 0 Å². The third-order valence-electron chi connectivity index (χ3n) is 4.50. The van der Waals surface area contributed by atoms with E-state index >= 15 is 0 Å². The minimum Gasteiger partial charge on any atom is -0.315 e. The van der Waals surface area contributed by atoms with Gasteiger partial charge in [0.25, 0.3) is 11.5 Å². The lowest BCUT2D eigenvalue weighted by atomic mass is 10.0. The van der Waals surface area contributed by atoms with Crippen LogP contribution < -0.4 is 10.9 Å². The van der Waals surface area contributed by atoms with Gasteiger partial charge in [-0.1, -0.05) is 6.92 Å². The van der Waals surface area contributed by atoms with E-state index in [1.807, 2.05) is 6.92 Å². The summed E-state index contributed by atoms with van der Waals surface area (Å²) in [5.74, 6) is -0.485. The van der Waals surface area contributed by atoms with E-state index in [-0.39, 0.29) is 17.3 Å². The van der Waals surface area contributed by atoms with Crippen molar-refractivity contribution in [1.29, 1.82) is 0 Å². The number of aromatic nitrogens is 2. The van der Waals surface area contributed by atoms with Crippen molar-refractivity contribution in [3.8, 4) is 0 Å². The second-order valence-electron chi connectivity index (χ2n) is 6.15. The lowest BCUT2D eigenvalue weighted by Crippen LogP contribution is -2.30. The van der Waals surface area contributed by atoms with Crippen LogP contribution in [0.1, 0.15) is 46.4 Å². The monoisotopic (exact) mass is 351 g/mol. The molecule has 0 spiro atoms. The van der Waals surface area contributed by atoms with Crippen molar-refractivity contribution in [3.05, 3.63) is 57.1 Å². The highest BCUT2D eigenvalue weighted by atomic mass is 19.4. The van der Waals surface area contributed by atoms with E-state index in [9.17, 15) is 22.8 Å². The van der Waals surface area contributed by atoms with Gasteiger partial charge in [-0.3, -0.25) is 9.59 Å². The van der Waals surface area contributed by atoms with Gasteiger partial charge >= 0.3 is 6.18 Å². The molecular formula is C17H16F3N3O2. The molecule has 2 heterocycles. The Kier molecular flexibility index (Phi) is 4.14. The zero-order chi connectivity index (χ0) is 18.4. The topological polar surface area (TPSA) is 64.0 Å². The Bertz CT molecular complexity index is 886. The normalized spacial score (nSPS) is 16.6. The molecular weight excluding hydrogens is 335 g/mol. The van der Waals surface area contributed by atoms with Gasteiger partial charge in [-0.25, -0.2) is 4.98 Å². The first-order valence-corrected chi connectivity index (χ1v) is 7.76. The molecule has 0 radical (unpaired) electrons. The number of hydrogen-bond donors (Lipinski definition) is 1. The van der Waals surface area contributed by atoms with Gasteiger partial charge in [0, 0.05) is 18.9 Å². The predicted octanol–water partition coefficient (Wildman–Crippen LogP) is 3.10. The number of pyridine rings is 2. The van der Waals surface area contributed by atoms with Gasteiger partial charge < -0.3 is 9.88 Å². The fraction of sp³-hybridized carbons (Fsp3) is 0.353. The van der Waals surface area contributed by atoms with Gasteiger partial charge in [0.1, 0.15) is 11.4 Å². The fourth-order valence-electron chi connectivity index (χ4n) is 3.03. The van der Waals surface area contributed by atoms with Gasteiger partial charge in [-0.05, 0) is 42.5 Å². The number of rotatable bonds is 2. The molecule has 0 unspecified atom stereocenters. The highest BCUT2D eigenvalue weighted by Gasteiger charge is 2.31. The van der Waals surface area contributed by atoms with Gasteiger partial charge in [0.2, 0.25) is 0 Å². The number of carbonyl (C=O) groups excluding carboxylic acids is 1. The molecule has 2 aromatic heterocycles. The summed E-state index contributed by atoms with van der Waals surface area (Å²) in [7, 11) is 1.62.